The van der Waals surface area contributed by atoms with Crippen molar-refractivity contribution in [1.82, 2.24) is 0 Å². The molecular formula is C14H17BrO6. The van der Waals surface area contributed by atoms with Gasteiger partial charge in [-0.3, -0.25) is 9.59 Å². The summed E-state index contributed by atoms with van der Waals surface area (Å²) in [7, 11) is 4.27. The quantitative estimate of drug-likeness (QED) is 0.572. The Morgan fingerprint density at radius 2 is 1.71 bits per heavy atom. The number of esters is 2. The van der Waals surface area contributed by atoms with Gasteiger partial charge in [0.2, 0.25) is 0 Å². The van der Waals surface area contributed by atoms with E-state index in [0.29, 0.717) is 17.1 Å². The summed E-state index contributed by atoms with van der Waals surface area (Å²) in [6, 6.07) is 5.00. The van der Waals surface area contributed by atoms with Gasteiger partial charge in [0.15, 0.2) is 22.4 Å². The molecule has 0 aliphatic rings. The highest BCUT2D eigenvalue weighted by Crippen LogP contribution is 2.34. The summed E-state index contributed by atoms with van der Waals surface area (Å²) in [6.45, 7) is 1.27. The predicted molar refractivity (Wildman–Crippen MR) is 78.8 cm³/mol. The first-order valence-corrected chi connectivity index (χ1v) is 6.97. The molecule has 21 heavy (non-hydrogen) atoms. The number of rotatable bonds is 6. The van der Waals surface area contributed by atoms with Crippen LogP contribution in [0.3, 0.4) is 0 Å². The molecule has 0 unspecified atom stereocenters. The van der Waals surface area contributed by atoms with Gasteiger partial charge >= 0.3 is 11.9 Å². The van der Waals surface area contributed by atoms with Crippen molar-refractivity contribution >= 4 is 27.9 Å². The van der Waals surface area contributed by atoms with Crippen LogP contribution in [0, 0.1) is 0 Å². The highest BCUT2D eigenvalue weighted by molar-refractivity contribution is 9.10. The molecule has 1 aromatic carbocycles. The van der Waals surface area contributed by atoms with Crippen LogP contribution in [-0.2, 0) is 19.1 Å². The minimum Gasteiger partial charge on any atom is -0.493 e. The third-order valence-corrected chi connectivity index (χ3v) is 3.58. The summed E-state index contributed by atoms with van der Waals surface area (Å²) in [5.41, 5.74) is 0.579. The molecule has 0 fully saturated rings. The SMILES string of the molecule is COC(=O)[C@@H](Br)[C@@H](OC(C)=O)c1ccc(OC)c(OC)c1. The highest BCUT2D eigenvalue weighted by atomic mass is 79.9. The Morgan fingerprint density at radius 3 is 2.19 bits per heavy atom. The normalized spacial score (nSPS) is 13.0. The lowest BCUT2D eigenvalue weighted by Crippen LogP contribution is -2.27. The number of benzene rings is 1. The Bertz CT molecular complexity index is 516. The first-order chi connectivity index (χ1) is 9.94. The minimum atomic E-state index is -0.838. The second-order valence-corrected chi connectivity index (χ2v) is 5.06. The Labute approximate surface area is 131 Å². The summed E-state index contributed by atoms with van der Waals surface area (Å²) < 4.78 is 20.2. The zero-order valence-electron chi connectivity index (χ0n) is 12.2. The summed E-state index contributed by atoms with van der Waals surface area (Å²) in [4.78, 5) is 22.1. The van der Waals surface area contributed by atoms with E-state index >= 15 is 0 Å². The molecule has 1 rings (SSSR count). The van der Waals surface area contributed by atoms with E-state index in [1.165, 1.54) is 28.3 Å². The molecule has 0 bridgehead atoms. The number of carbonyl (C=O) groups is 2. The van der Waals surface area contributed by atoms with Gasteiger partial charge in [0.05, 0.1) is 21.3 Å². The molecule has 2 atom stereocenters. The van der Waals surface area contributed by atoms with Crippen molar-refractivity contribution in [2.45, 2.75) is 17.9 Å². The summed E-state index contributed by atoms with van der Waals surface area (Å²) in [6.07, 6.45) is -0.838. The first-order valence-electron chi connectivity index (χ1n) is 6.05. The average Bonchev–Trinajstić information content (AvgIpc) is 2.50. The van der Waals surface area contributed by atoms with Gasteiger partial charge in [0.25, 0.3) is 0 Å². The average molecular weight is 361 g/mol. The lowest BCUT2D eigenvalue weighted by molar-refractivity contribution is -0.151. The van der Waals surface area contributed by atoms with Gasteiger partial charge in [-0.25, -0.2) is 0 Å². The maximum atomic E-state index is 11.7. The predicted octanol–water partition coefficient (Wildman–Crippen LogP) is 2.24. The monoisotopic (exact) mass is 360 g/mol. The van der Waals surface area contributed by atoms with Crippen molar-refractivity contribution in [3.63, 3.8) is 0 Å². The van der Waals surface area contributed by atoms with Crippen LogP contribution in [0.25, 0.3) is 0 Å². The van der Waals surface area contributed by atoms with Gasteiger partial charge in [-0.15, -0.1) is 0 Å². The smallest absolute Gasteiger partial charge is 0.323 e. The van der Waals surface area contributed by atoms with Crippen molar-refractivity contribution in [3.05, 3.63) is 23.8 Å². The number of carbonyl (C=O) groups excluding carboxylic acids is 2. The van der Waals surface area contributed by atoms with E-state index < -0.39 is 22.9 Å². The highest BCUT2D eigenvalue weighted by Gasteiger charge is 2.31. The van der Waals surface area contributed by atoms with Crippen molar-refractivity contribution in [3.8, 4) is 11.5 Å². The Kier molecular flexibility index (Phi) is 6.48. The number of methoxy groups -OCH3 is 3. The van der Waals surface area contributed by atoms with Gasteiger partial charge in [0.1, 0.15) is 0 Å². The zero-order chi connectivity index (χ0) is 16.0. The fraction of sp³-hybridized carbons (Fsp3) is 0.429. The maximum Gasteiger partial charge on any atom is 0.323 e. The Balaban J connectivity index is 3.19. The van der Waals surface area contributed by atoms with E-state index in [4.69, 9.17) is 14.2 Å². The molecule has 0 heterocycles. The van der Waals surface area contributed by atoms with Crippen LogP contribution in [0.1, 0.15) is 18.6 Å². The molecule has 0 N–H and O–H groups in total. The van der Waals surface area contributed by atoms with Gasteiger partial charge in [-0.2, -0.15) is 0 Å². The van der Waals surface area contributed by atoms with Crippen molar-refractivity contribution < 1.29 is 28.5 Å². The Morgan fingerprint density at radius 1 is 1.10 bits per heavy atom. The van der Waals surface area contributed by atoms with Gasteiger partial charge in [-0.1, -0.05) is 22.0 Å². The molecule has 0 radical (unpaired) electrons. The molecule has 0 aliphatic carbocycles. The first kappa shape index (κ1) is 17.3. The van der Waals surface area contributed by atoms with Gasteiger partial charge < -0.3 is 18.9 Å². The number of halogens is 1. The van der Waals surface area contributed by atoms with Gasteiger partial charge in [0, 0.05) is 6.92 Å². The maximum absolute atomic E-state index is 11.7. The van der Waals surface area contributed by atoms with Crippen LogP contribution in [0.4, 0.5) is 0 Å². The second-order valence-electron chi connectivity index (χ2n) is 4.07. The fourth-order valence-corrected chi connectivity index (χ4v) is 2.34. The molecule has 0 aliphatic heterocycles. The molecule has 1 aromatic rings. The largest absolute Gasteiger partial charge is 0.493 e. The number of alkyl halides is 1. The molecule has 7 heteroatoms. The van der Waals surface area contributed by atoms with E-state index in [1.54, 1.807) is 18.2 Å². The molecule has 116 valence electrons. The molecule has 6 nitrogen and oxygen atoms in total. The van der Waals surface area contributed by atoms with E-state index in [1.807, 2.05) is 0 Å². The Hall–Kier alpha value is -1.76. The lowest BCUT2D eigenvalue weighted by atomic mass is 10.1. The summed E-state index contributed by atoms with van der Waals surface area (Å²) in [5.74, 6) is -0.0529. The topological polar surface area (TPSA) is 71.1 Å². The van der Waals surface area contributed by atoms with Crippen LogP contribution >= 0.6 is 15.9 Å². The molecule has 0 aromatic heterocycles. The molecule has 0 saturated carbocycles. The second kappa shape index (κ2) is 7.87. The third kappa shape index (κ3) is 4.35. The standard InChI is InChI=1S/C14H17BrO6/c1-8(16)21-13(12(15)14(17)20-4)9-5-6-10(18-2)11(7-9)19-3/h5-7,12-13H,1-4H3/t12-,13-/m0/s1. The van der Waals surface area contributed by atoms with Crippen LogP contribution in [-0.4, -0.2) is 38.1 Å². The van der Waals surface area contributed by atoms with Crippen LogP contribution < -0.4 is 9.47 Å². The molecular weight excluding hydrogens is 344 g/mol. The van der Waals surface area contributed by atoms with Gasteiger partial charge in [-0.05, 0) is 17.7 Å². The van der Waals surface area contributed by atoms with E-state index in [2.05, 4.69) is 20.7 Å². The minimum absolute atomic E-state index is 0.469. The third-order valence-electron chi connectivity index (χ3n) is 2.72. The number of ether oxygens (including phenoxy) is 4. The van der Waals surface area contributed by atoms with E-state index in [9.17, 15) is 9.59 Å². The lowest BCUT2D eigenvalue weighted by Gasteiger charge is -2.22. The zero-order valence-corrected chi connectivity index (χ0v) is 13.8. The summed E-state index contributed by atoms with van der Waals surface area (Å²) in [5, 5.41) is 0. The van der Waals surface area contributed by atoms with E-state index in [-0.39, 0.29) is 0 Å². The van der Waals surface area contributed by atoms with Crippen LogP contribution in [0.5, 0.6) is 11.5 Å². The van der Waals surface area contributed by atoms with Crippen LogP contribution in [0.2, 0.25) is 0 Å². The fourth-order valence-electron chi connectivity index (χ4n) is 1.74. The number of hydrogen-bond donors (Lipinski definition) is 0. The number of hydrogen-bond acceptors (Lipinski definition) is 6. The van der Waals surface area contributed by atoms with E-state index in [0.717, 1.165) is 0 Å². The van der Waals surface area contributed by atoms with Crippen molar-refractivity contribution in [1.29, 1.82) is 0 Å². The molecule has 0 spiro atoms. The molecule has 0 amide bonds. The van der Waals surface area contributed by atoms with Crippen LogP contribution in [0.15, 0.2) is 18.2 Å². The van der Waals surface area contributed by atoms with Crippen molar-refractivity contribution in [2.75, 3.05) is 21.3 Å². The van der Waals surface area contributed by atoms with Crippen molar-refractivity contribution in [2.24, 2.45) is 0 Å². The summed E-state index contributed by atoms with van der Waals surface area (Å²) >= 11 is 3.19. The molecule has 0 saturated heterocycles.